The Hall–Kier alpha value is -2.45. The van der Waals surface area contributed by atoms with E-state index in [0.717, 1.165) is 35.1 Å². The second-order valence-electron chi connectivity index (χ2n) is 7.03. The van der Waals surface area contributed by atoms with Gasteiger partial charge in [-0.25, -0.2) is 0 Å². The predicted molar refractivity (Wildman–Crippen MR) is 110 cm³/mol. The van der Waals surface area contributed by atoms with Crippen molar-refractivity contribution in [1.29, 1.82) is 0 Å². The first-order chi connectivity index (χ1) is 12.6. The number of ketones is 1. The van der Waals surface area contributed by atoms with Crippen LogP contribution in [0.5, 0.6) is 0 Å². The van der Waals surface area contributed by atoms with Gasteiger partial charge >= 0.3 is 0 Å². The zero-order chi connectivity index (χ0) is 18.5. The van der Waals surface area contributed by atoms with Crippen molar-refractivity contribution in [2.45, 2.75) is 26.7 Å². The minimum absolute atomic E-state index is 0.169. The maximum Gasteiger partial charge on any atom is 0.187 e. The Labute approximate surface area is 156 Å². The maximum atomic E-state index is 13.0. The molecular weight excluding hydrogens is 318 g/mol. The van der Waals surface area contributed by atoms with Gasteiger partial charge in [0.1, 0.15) is 0 Å². The summed E-state index contributed by atoms with van der Waals surface area (Å²) in [6, 6.07) is 16.9. The van der Waals surface area contributed by atoms with Crippen molar-refractivity contribution in [2.24, 2.45) is 0 Å². The number of benzene rings is 2. The van der Waals surface area contributed by atoms with Gasteiger partial charge in [0.25, 0.3) is 0 Å². The van der Waals surface area contributed by atoms with Gasteiger partial charge in [0.2, 0.25) is 0 Å². The van der Waals surface area contributed by atoms with Crippen molar-refractivity contribution >= 4 is 17.9 Å². The lowest BCUT2D eigenvalue weighted by molar-refractivity contribution is -0.113. The molecule has 0 aromatic heterocycles. The standard InChI is InChI=1S/C24H27NO/c1-4-18-6-10-20(11-7-18)14-22-16-25(3)17-23(24(22)26)15-21-12-8-19(5-2)9-13-21/h6-15H,4-5,16-17H2,1-3H3. The second-order valence-corrected chi connectivity index (χ2v) is 7.03. The van der Waals surface area contributed by atoms with Crippen LogP contribution in [-0.2, 0) is 17.6 Å². The van der Waals surface area contributed by atoms with E-state index in [1.165, 1.54) is 11.1 Å². The van der Waals surface area contributed by atoms with Crippen molar-refractivity contribution in [1.82, 2.24) is 4.90 Å². The average molecular weight is 345 g/mol. The number of carbonyl (C=O) groups is 1. The van der Waals surface area contributed by atoms with E-state index in [1.54, 1.807) is 0 Å². The molecule has 1 heterocycles. The lowest BCUT2D eigenvalue weighted by Gasteiger charge is -2.26. The number of likely N-dealkylation sites (tertiary alicyclic amines) is 1. The summed E-state index contributed by atoms with van der Waals surface area (Å²) in [6.07, 6.45) is 6.13. The van der Waals surface area contributed by atoms with Crippen LogP contribution in [0, 0.1) is 0 Å². The van der Waals surface area contributed by atoms with E-state index in [-0.39, 0.29) is 5.78 Å². The van der Waals surface area contributed by atoms with Crippen LogP contribution in [0.2, 0.25) is 0 Å². The summed E-state index contributed by atoms with van der Waals surface area (Å²) in [6.45, 7) is 5.69. The second kappa shape index (κ2) is 8.29. The van der Waals surface area contributed by atoms with Crippen LogP contribution in [-0.4, -0.2) is 30.8 Å². The molecule has 26 heavy (non-hydrogen) atoms. The number of rotatable bonds is 4. The van der Waals surface area contributed by atoms with Crippen LogP contribution >= 0.6 is 0 Å². The summed E-state index contributed by atoms with van der Waals surface area (Å²) in [5.74, 6) is 0.169. The van der Waals surface area contributed by atoms with E-state index in [1.807, 2.05) is 12.2 Å². The SMILES string of the molecule is CCc1ccc(C=C2CN(C)CC(=Cc3ccc(CC)cc3)C2=O)cc1. The highest BCUT2D eigenvalue weighted by Crippen LogP contribution is 2.21. The molecule has 2 aromatic rings. The van der Waals surface area contributed by atoms with E-state index >= 15 is 0 Å². The van der Waals surface area contributed by atoms with Crippen LogP contribution in [0.25, 0.3) is 12.2 Å². The molecule has 0 atom stereocenters. The van der Waals surface area contributed by atoms with Gasteiger partial charge in [-0.05, 0) is 54.3 Å². The number of hydrogen-bond acceptors (Lipinski definition) is 2. The first-order valence-electron chi connectivity index (χ1n) is 9.41. The summed E-state index contributed by atoms with van der Waals surface area (Å²) in [5.41, 5.74) is 6.53. The molecule has 2 nitrogen and oxygen atoms in total. The molecule has 0 N–H and O–H groups in total. The van der Waals surface area contributed by atoms with Crippen LogP contribution in [0.4, 0.5) is 0 Å². The van der Waals surface area contributed by atoms with Gasteiger partial charge in [-0.1, -0.05) is 62.4 Å². The third-order valence-corrected chi connectivity index (χ3v) is 4.92. The van der Waals surface area contributed by atoms with Gasteiger partial charge in [0, 0.05) is 24.2 Å². The Morgan fingerprint density at radius 3 is 1.50 bits per heavy atom. The van der Waals surface area contributed by atoms with Crippen molar-refractivity contribution in [3.8, 4) is 0 Å². The summed E-state index contributed by atoms with van der Waals surface area (Å²) in [4.78, 5) is 15.2. The zero-order valence-electron chi connectivity index (χ0n) is 16.0. The molecule has 0 spiro atoms. The maximum absolute atomic E-state index is 13.0. The van der Waals surface area contributed by atoms with Crippen LogP contribution in [0.3, 0.4) is 0 Å². The fourth-order valence-corrected chi connectivity index (χ4v) is 3.31. The average Bonchev–Trinajstić information content (AvgIpc) is 2.66. The molecule has 0 radical (unpaired) electrons. The van der Waals surface area contributed by atoms with E-state index in [0.29, 0.717) is 13.1 Å². The molecule has 2 heteroatoms. The summed E-state index contributed by atoms with van der Waals surface area (Å²) in [7, 11) is 2.06. The van der Waals surface area contributed by atoms with Gasteiger partial charge in [-0.3, -0.25) is 9.69 Å². The van der Waals surface area contributed by atoms with Crippen LogP contribution in [0.1, 0.15) is 36.1 Å². The Balaban J connectivity index is 1.86. The highest BCUT2D eigenvalue weighted by molar-refractivity contribution is 6.14. The first-order valence-corrected chi connectivity index (χ1v) is 9.41. The van der Waals surface area contributed by atoms with Gasteiger partial charge in [0.15, 0.2) is 5.78 Å². The molecule has 3 rings (SSSR count). The zero-order valence-corrected chi connectivity index (χ0v) is 16.0. The Bertz CT molecular complexity index is 756. The highest BCUT2D eigenvalue weighted by atomic mass is 16.1. The van der Waals surface area contributed by atoms with Crippen LogP contribution < -0.4 is 0 Å². The molecule has 1 aliphatic heterocycles. The fourth-order valence-electron chi connectivity index (χ4n) is 3.31. The lowest BCUT2D eigenvalue weighted by atomic mass is 9.94. The van der Waals surface area contributed by atoms with E-state index < -0.39 is 0 Å². The number of Topliss-reactive ketones (excluding diaryl/α,β-unsaturated/α-hetero) is 1. The predicted octanol–water partition coefficient (Wildman–Crippen LogP) is 4.79. The Kier molecular flexibility index (Phi) is 5.85. The summed E-state index contributed by atoms with van der Waals surface area (Å²) < 4.78 is 0. The molecule has 0 bridgehead atoms. The topological polar surface area (TPSA) is 20.3 Å². The molecule has 0 amide bonds. The summed E-state index contributed by atoms with van der Waals surface area (Å²) in [5, 5.41) is 0. The fraction of sp³-hybridized carbons (Fsp3) is 0.292. The number of hydrogen-bond donors (Lipinski definition) is 0. The largest absolute Gasteiger partial charge is 0.298 e. The third-order valence-electron chi connectivity index (χ3n) is 4.92. The molecule has 1 aliphatic rings. The van der Waals surface area contributed by atoms with E-state index in [2.05, 4.69) is 74.3 Å². The Morgan fingerprint density at radius 1 is 0.769 bits per heavy atom. The summed E-state index contributed by atoms with van der Waals surface area (Å²) >= 11 is 0. The van der Waals surface area contributed by atoms with Gasteiger partial charge in [-0.15, -0.1) is 0 Å². The van der Waals surface area contributed by atoms with E-state index in [9.17, 15) is 4.79 Å². The molecule has 0 aliphatic carbocycles. The Morgan fingerprint density at radius 2 is 1.15 bits per heavy atom. The van der Waals surface area contributed by atoms with Crippen molar-refractivity contribution in [3.63, 3.8) is 0 Å². The van der Waals surface area contributed by atoms with Crippen molar-refractivity contribution in [3.05, 3.63) is 81.9 Å². The number of likely N-dealkylation sites (N-methyl/N-ethyl adjacent to an activating group) is 1. The molecule has 1 fully saturated rings. The quantitative estimate of drug-likeness (QED) is 0.742. The molecule has 0 unspecified atom stereocenters. The van der Waals surface area contributed by atoms with Gasteiger partial charge in [-0.2, -0.15) is 0 Å². The van der Waals surface area contributed by atoms with E-state index in [4.69, 9.17) is 0 Å². The monoisotopic (exact) mass is 345 g/mol. The highest BCUT2D eigenvalue weighted by Gasteiger charge is 2.23. The molecular formula is C24H27NO. The molecule has 1 saturated heterocycles. The third kappa shape index (κ3) is 4.39. The number of nitrogens with zero attached hydrogens (tertiary/aromatic N) is 1. The number of carbonyl (C=O) groups excluding carboxylic acids is 1. The van der Waals surface area contributed by atoms with Crippen LogP contribution in [0.15, 0.2) is 59.7 Å². The minimum atomic E-state index is 0.169. The van der Waals surface area contributed by atoms with Crippen molar-refractivity contribution < 1.29 is 4.79 Å². The normalized spacial score (nSPS) is 18.7. The molecule has 134 valence electrons. The van der Waals surface area contributed by atoms with Gasteiger partial charge in [0.05, 0.1) is 0 Å². The molecule has 2 aromatic carbocycles. The van der Waals surface area contributed by atoms with Crippen molar-refractivity contribution in [2.75, 3.05) is 20.1 Å². The number of piperidine rings is 1. The lowest BCUT2D eigenvalue weighted by Crippen LogP contribution is -2.34. The molecule has 0 saturated carbocycles. The van der Waals surface area contributed by atoms with Gasteiger partial charge < -0.3 is 0 Å². The number of aryl methyl sites for hydroxylation is 2. The first kappa shape index (κ1) is 18.3. The smallest absolute Gasteiger partial charge is 0.187 e. The minimum Gasteiger partial charge on any atom is -0.298 e.